The zero-order chi connectivity index (χ0) is 19.6. The van der Waals surface area contributed by atoms with E-state index in [0.717, 1.165) is 6.42 Å². The highest BCUT2D eigenvalue weighted by Gasteiger charge is 2.39. The Morgan fingerprint density at radius 1 is 1.22 bits per heavy atom. The van der Waals surface area contributed by atoms with Crippen LogP contribution in [0.1, 0.15) is 29.8 Å². The molecule has 2 aromatic rings. The Hall–Kier alpha value is -2.97. The number of benzene rings is 1. The van der Waals surface area contributed by atoms with Gasteiger partial charge in [0.15, 0.2) is 5.69 Å². The quantitative estimate of drug-likeness (QED) is 0.765. The summed E-state index contributed by atoms with van der Waals surface area (Å²) in [5.74, 6) is 0. The van der Waals surface area contributed by atoms with Crippen LogP contribution >= 0.6 is 11.6 Å². The van der Waals surface area contributed by atoms with E-state index >= 15 is 0 Å². The first-order valence-corrected chi connectivity index (χ1v) is 8.47. The van der Waals surface area contributed by atoms with Gasteiger partial charge in [0.25, 0.3) is 0 Å². The number of nitrogens with zero attached hydrogens (tertiary/aromatic N) is 4. The molecule has 0 amide bonds. The van der Waals surface area contributed by atoms with E-state index in [2.05, 4.69) is 10.4 Å². The second kappa shape index (κ2) is 7.34. The summed E-state index contributed by atoms with van der Waals surface area (Å²) >= 11 is 6.28. The summed E-state index contributed by atoms with van der Waals surface area (Å²) < 4.78 is 41.3. The minimum Gasteiger partial charge on any atom is -0.360 e. The lowest BCUT2D eigenvalue weighted by molar-refractivity contribution is -0.142. The number of alkyl halides is 3. The Morgan fingerprint density at radius 3 is 2.56 bits per heavy atom. The highest BCUT2D eigenvalue weighted by Crippen LogP contribution is 2.38. The Bertz CT molecular complexity index is 976. The molecule has 27 heavy (non-hydrogen) atoms. The molecule has 0 atom stereocenters. The van der Waals surface area contributed by atoms with Gasteiger partial charge in [0.2, 0.25) is 0 Å². The van der Waals surface area contributed by atoms with Crippen LogP contribution in [0.5, 0.6) is 0 Å². The van der Waals surface area contributed by atoms with E-state index in [-0.39, 0.29) is 16.2 Å². The molecule has 5 nitrogen and oxygen atoms in total. The monoisotopic (exact) mass is 391 g/mol. The van der Waals surface area contributed by atoms with Crippen LogP contribution in [0.4, 0.5) is 18.9 Å². The van der Waals surface area contributed by atoms with Gasteiger partial charge in [-0.3, -0.25) is 0 Å². The van der Waals surface area contributed by atoms with Crippen LogP contribution < -0.4 is 5.32 Å². The molecule has 0 radical (unpaired) electrons. The predicted molar refractivity (Wildman–Crippen MR) is 93.1 cm³/mol. The fourth-order valence-corrected chi connectivity index (χ4v) is 3.30. The number of fused-ring (bicyclic) bond motifs is 1. The van der Waals surface area contributed by atoms with Crippen molar-refractivity contribution in [1.29, 1.82) is 10.5 Å². The lowest BCUT2D eigenvalue weighted by Crippen LogP contribution is -2.11. The molecule has 138 valence electrons. The van der Waals surface area contributed by atoms with Crippen molar-refractivity contribution in [3.63, 3.8) is 0 Å². The van der Waals surface area contributed by atoms with Crippen LogP contribution in [0, 0.1) is 22.7 Å². The Balaban J connectivity index is 2.01. The number of allylic oxidation sites excluding steroid dienone is 1. The van der Waals surface area contributed by atoms with E-state index in [0.29, 0.717) is 36.3 Å². The number of hydrogen-bond donors (Lipinski definition) is 1. The Labute approximate surface area is 158 Å². The van der Waals surface area contributed by atoms with Gasteiger partial charge in [0, 0.05) is 23.1 Å². The highest BCUT2D eigenvalue weighted by molar-refractivity contribution is 6.32. The number of nitriles is 2. The first-order valence-electron chi connectivity index (χ1n) is 8.10. The van der Waals surface area contributed by atoms with Crippen LogP contribution in [0.25, 0.3) is 5.69 Å². The second-order valence-electron chi connectivity index (χ2n) is 5.98. The molecule has 1 aromatic heterocycles. The lowest BCUT2D eigenvalue weighted by Gasteiger charge is -2.15. The molecule has 1 aliphatic carbocycles. The number of hydrogen-bond acceptors (Lipinski definition) is 4. The zero-order valence-corrected chi connectivity index (χ0v) is 14.7. The Kier molecular flexibility index (Phi) is 5.11. The number of nitrogens with one attached hydrogen (secondary N) is 1. The lowest BCUT2D eigenvalue weighted by atomic mass is 9.95. The molecule has 1 aromatic carbocycles. The van der Waals surface area contributed by atoms with E-state index < -0.39 is 11.9 Å². The topological polar surface area (TPSA) is 77.4 Å². The van der Waals surface area contributed by atoms with Gasteiger partial charge < -0.3 is 5.32 Å². The molecular weight excluding hydrogens is 379 g/mol. The van der Waals surface area contributed by atoms with Crippen molar-refractivity contribution < 1.29 is 13.2 Å². The van der Waals surface area contributed by atoms with Gasteiger partial charge in [-0.2, -0.15) is 28.8 Å². The van der Waals surface area contributed by atoms with Crippen molar-refractivity contribution in [3.05, 3.63) is 51.9 Å². The van der Waals surface area contributed by atoms with E-state index in [4.69, 9.17) is 22.1 Å². The minimum atomic E-state index is -4.52. The fraction of sp³-hybridized carbons (Fsp3) is 0.278. The van der Waals surface area contributed by atoms with Gasteiger partial charge >= 0.3 is 6.18 Å². The third kappa shape index (κ3) is 3.76. The van der Waals surface area contributed by atoms with E-state index in [1.807, 2.05) is 0 Å². The highest BCUT2D eigenvalue weighted by atomic mass is 35.5. The summed E-state index contributed by atoms with van der Waals surface area (Å²) in [7, 11) is 0. The molecule has 0 saturated heterocycles. The van der Waals surface area contributed by atoms with Crippen molar-refractivity contribution in [2.24, 2.45) is 0 Å². The normalized spacial score (nSPS) is 13.3. The molecule has 0 fully saturated rings. The molecule has 3 rings (SSSR count). The van der Waals surface area contributed by atoms with E-state index in [9.17, 15) is 13.2 Å². The summed E-state index contributed by atoms with van der Waals surface area (Å²) in [6.07, 6.45) is -0.949. The SMILES string of the molecule is N#CC(C#N)=CNc1ccc(-n2nc(C(F)(F)F)c3c2CCCC3)c(Cl)c1. The predicted octanol–water partition coefficient (Wildman–Crippen LogP) is 4.77. The van der Waals surface area contributed by atoms with Crippen molar-refractivity contribution >= 4 is 17.3 Å². The van der Waals surface area contributed by atoms with Gasteiger partial charge in [0.05, 0.1) is 10.7 Å². The molecule has 0 saturated carbocycles. The van der Waals surface area contributed by atoms with Crippen molar-refractivity contribution in [3.8, 4) is 17.8 Å². The maximum atomic E-state index is 13.3. The maximum Gasteiger partial charge on any atom is 0.435 e. The van der Waals surface area contributed by atoms with Gasteiger partial charge in [-0.1, -0.05) is 11.6 Å². The van der Waals surface area contributed by atoms with Gasteiger partial charge in [-0.25, -0.2) is 4.68 Å². The van der Waals surface area contributed by atoms with Gasteiger partial charge in [-0.05, 0) is 43.9 Å². The minimum absolute atomic E-state index is 0.119. The molecule has 9 heteroatoms. The van der Waals surface area contributed by atoms with Crippen LogP contribution in [0.2, 0.25) is 5.02 Å². The van der Waals surface area contributed by atoms with E-state index in [1.54, 1.807) is 24.3 Å². The van der Waals surface area contributed by atoms with Crippen LogP contribution in [0.3, 0.4) is 0 Å². The number of aromatic nitrogens is 2. The van der Waals surface area contributed by atoms with Gasteiger partial charge in [-0.15, -0.1) is 0 Å². The molecule has 0 unspecified atom stereocenters. The van der Waals surface area contributed by atoms with Crippen LogP contribution in [-0.2, 0) is 19.0 Å². The summed E-state index contributed by atoms with van der Waals surface area (Å²) in [6, 6.07) is 8.07. The number of rotatable bonds is 3. The zero-order valence-electron chi connectivity index (χ0n) is 13.9. The van der Waals surface area contributed by atoms with Crippen LogP contribution in [-0.4, -0.2) is 9.78 Å². The molecule has 0 aliphatic heterocycles. The average Bonchev–Trinajstić information content (AvgIpc) is 3.02. The molecule has 1 N–H and O–H groups in total. The van der Waals surface area contributed by atoms with Crippen molar-refractivity contribution in [2.45, 2.75) is 31.9 Å². The van der Waals surface area contributed by atoms with Crippen molar-refractivity contribution in [2.75, 3.05) is 5.32 Å². The molecule has 0 bridgehead atoms. The third-order valence-electron chi connectivity index (χ3n) is 4.25. The summed E-state index contributed by atoms with van der Waals surface area (Å²) in [6.45, 7) is 0. The maximum absolute atomic E-state index is 13.3. The first kappa shape index (κ1) is 18.8. The summed E-state index contributed by atoms with van der Waals surface area (Å²) in [5, 5.41) is 24.2. The number of anilines is 1. The Morgan fingerprint density at radius 2 is 1.93 bits per heavy atom. The summed E-state index contributed by atoms with van der Waals surface area (Å²) in [5.41, 5.74) is 0.636. The molecule has 1 aliphatic rings. The standard InChI is InChI=1S/C18H13ClF3N5/c19-14-7-12(25-10-11(8-23)9-24)5-6-16(14)27-15-4-2-1-3-13(15)17(26-27)18(20,21)22/h5-7,10,25H,1-4H2. The van der Waals surface area contributed by atoms with E-state index in [1.165, 1.54) is 16.9 Å². The summed E-state index contributed by atoms with van der Waals surface area (Å²) in [4.78, 5) is 0. The largest absolute Gasteiger partial charge is 0.435 e. The van der Waals surface area contributed by atoms with Crippen molar-refractivity contribution in [1.82, 2.24) is 9.78 Å². The first-order chi connectivity index (χ1) is 12.8. The second-order valence-corrected chi connectivity index (χ2v) is 6.39. The molecular formula is C18H13ClF3N5. The number of halogens is 4. The fourth-order valence-electron chi connectivity index (χ4n) is 3.04. The third-order valence-corrected chi connectivity index (χ3v) is 4.55. The molecule has 0 spiro atoms. The van der Waals surface area contributed by atoms with Gasteiger partial charge in [0.1, 0.15) is 17.7 Å². The molecule has 1 heterocycles. The smallest absolute Gasteiger partial charge is 0.360 e. The average molecular weight is 392 g/mol. The van der Waals surface area contributed by atoms with Crippen LogP contribution in [0.15, 0.2) is 30.0 Å².